The number of nitrogens with one attached hydrogen (secondary N) is 1. The summed E-state index contributed by atoms with van der Waals surface area (Å²) in [6, 6.07) is 15.9. The third kappa shape index (κ3) is 4.07. The number of rotatable bonds is 6. The number of fused-ring (bicyclic) bond motifs is 1. The third-order valence-corrected chi connectivity index (χ3v) is 4.97. The molecule has 28 heavy (non-hydrogen) atoms. The van der Waals surface area contributed by atoms with Gasteiger partial charge in [-0.3, -0.25) is 0 Å². The predicted octanol–water partition coefficient (Wildman–Crippen LogP) is 4.62. The van der Waals surface area contributed by atoms with Crippen molar-refractivity contribution < 1.29 is 9.13 Å². The van der Waals surface area contributed by atoms with Crippen LogP contribution < -0.4 is 10.1 Å². The van der Waals surface area contributed by atoms with Gasteiger partial charge in [0.25, 0.3) is 5.78 Å². The van der Waals surface area contributed by atoms with Crippen LogP contribution in [0.15, 0.2) is 59.8 Å². The largest absolute Gasteiger partial charge is 0.497 e. The van der Waals surface area contributed by atoms with Crippen LogP contribution in [0, 0.1) is 12.7 Å². The lowest BCUT2D eigenvalue weighted by molar-refractivity contribution is 0.414. The van der Waals surface area contributed by atoms with Gasteiger partial charge in [-0.2, -0.15) is 9.50 Å². The van der Waals surface area contributed by atoms with Gasteiger partial charge in [-0.1, -0.05) is 23.9 Å². The zero-order chi connectivity index (χ0) is 19.5. The van der Waals surface area contributed by atoms with E-state index in [9.17, 15) is 4.39 Å². The van der Waals surface area contributed by atoms with Crippen molar-refractivity contribution in [2.75, 3.05) is 12.4 Å². The number of hydrogen-bond acceptors (Lipinski definition) is 6. The number of aryl methyl sites for hydroxylation is 1. The van der Waals surface area contributed by atoms with Gasteiger partial charge in [0, 0.05) is 23.2 Å². The van der Waals surface area contributed by atoms with Crippen LogP contribution in [-0.2, 0) is 5.75 Å². The van der Waals surface area contributed by atoms with E-state index in [0.29, 0.717) is 10.9 Å². The van der Waals surface area contributed by atoms with Crippen LogP contribution in [0.2, 0.25) is 0 Å². The zero-order valence-electron chi connectivity index (χ0n) is 15.4. The Morgan fingerprint density at radius 2 is 1.82 bits per heavy atom. The summed E-state index contributed by atoms with van der Waals surface area (Å²) in [6.07, 6.45) is 0. The monoisotopic (exact) mass is 395 g/mol. The number of anilines is 2. The number of hydrogen-bond donors (Lipinski definition) is 1. The van der Waals surface area contributed by atoms with Crippen molar-refractivity contribution in [3.8, 4) is 5.75 Å². The highest BCUT2D eigenvalue weighted by atomic mass is 32.2. The summed E-state index contributed by atoms with van der Waals surface area (Å²) >= 11 is 1.53. The van der Waals surface area contributed by atoms with E-state index in [1.807, 2.05) is 37.3 Å². The summed E-state index contributed by atoms with van der Waals surface area (Å²) in [5.74, 6) is 2.52. The first-order chi connectivity index (χ1) is 13.6. The maximum atomic E-state index is 13.1. The van der Waals surface area contributed by atoms with Gasteiger partial charge in [-0.25, -0.2) is 9.37 Å². The first-order valence-corrected chi connectivity index (χ1v) is 9.62. The van der Waals surface area contributed by atoms with E-state index >= 15 is 0 Å². The van der Waals surface area contributed by atoms with Crippen LogP contribution in [0.3, 0.4) is 0 Å². The van der Waals surface area contributed by atoms with E-state index < -0.39 is 0 Å². The summed E-state index contributed by atoms with van der Waals surface area (Å²) < 4.78 is 20.0. The fourth-order valence-electron chi connectivity index (χ4n) is 2.67. The van der Waals surface area contributed by atoms with Gasteiger partial charge in [0.2, 0.25) is 5.16 Å². The van der Waals surface area contributed by atoms with E-state index in [-0.39, 0.29) is 5.82 Å². The topological polar surface area (TPSA) is 64.3 Å². The lowest BCUT2D eigenvalue weighted by Crippen LogP contribution is -2.02. The van der Waals surface area contributed by atoms with Gasteiger partial charge in [0.05, 0.1) is 7.11 Å². The number of benzene rings is 2. The second-order valence-electron chi connectivity index (χ2n) is 6.16. The van der Waals surface area contributed by atoms with Gasteiger partial charge < -0.3 is 10.1 Å². The predicted molar refractivity (Wildman–Crippen MR) is 108 cm³/mol. The number of nitrogens with zero attached hydrogens (tertiary/aromatic N) is 4. The lowest BCUT2D eigenvalue weighted by atomic mass is 10.2. The highest BCUT2D eigenvalue weighted by molar-refractivity contribution is 7.98. The van der Waals surface area contributed by atoms with E-state index in [4.69, 9.17) is 4.74 Å². The molecule has 2 aromatic heterocycles. The van der Waals surface area contributed by atoms with Gasteiger partial charge >= 0.3 is 0 Å². The number of halogens is 1. The highest BCUT2D eigenvalue weighted by Gasteiger charge is 2.11. The Balaban J connectivity index is 1.56. The molecule has 4 rings (SSSR count). The number of thioether (sulfide) groups is 1. The molecule has 0 aliphatic heterocycles. The second kappa shape index (κ2) is 7.85. The first-order valence-electron chi connectivity index (χ1n) is 8.63. The van der Waals surface area contributed by atoms with E-state index in [2.05, 4.69) is 20.4 Å². The van der Waals surface area contributed by atoms with Gasteiger partial charge in [0.15, 0.2) is 0 Å². The molecule has 0 aliphatic rings. The van der Waals surface area contributed by atoms with Crippen LogP contribution in [0.25, 0.3) is 5.78 Å². The fourth-order valence-corrected chi connectivity index (χ4v) is 3.44. The van der Waals surface area contributed by atoms with Crippen molar-refractivity contribution >= 4 is 29.0 Å². The minimum Gasteiger partial charge on any atom is -0.497 e. The summed E-state index contributed by atoms with van der Waals surface area (Å²) in [5.41, 5.74) is 2.73. The summed E-state index contributed by atoms with van der Waals surface area (Å²) in [4.78, 5) is 8.97. The molecule has 0 saturated carbocycles. The molecule has 0 amide bonds. The van der Waals surface area contributed by atoms with Gasteiger partial charge in [-0.15, -0.1) is 5.10 Å². The van der Waals surface area contributed by atoms with E-state index in [1.54, 1.807) is 23.8 Å². The quantitative estimate of drug-likeness (QED) is 0.481. The molecule has 0 saturated heterocycles. The normalized spacial score (nSPS) is 11.0. The third-order valence-electron chi connectivity index (χ3n) is 4.06. The van der Waals surface area contributed by atoms with Gasteiger partial charge in [-0.05, 0) is 48.9 Å². The smallest absolute Gasteiger partial charge is 0.255 e. The number of ether oxygens (including phenoxy) is 1. The van der Waals surface area contributed by atoms with Crippen molar-refractivity contribution in [1.82, 2.24) is 19.6 Å². The Morgan fingerprint density at radius 1 is 1.07 bits per heavy atom. The standard InChI is InChI=1S/C20H18FN5OS/c1-13-11-18(23-16-7-5-15(21)6-8-16)26-19(22-13)24-20(25-26)28-12-14-3-9-17(27-2)10-4-14/h3-11,23H,12H2,1-2H3. The minimum atomic E-state index is -0.278. The molecule has 0 fully saturated rings. The molecule has 0 bridgehead atoms. The lowest BCUT2D eigenvalue weighted by Gasteiger charge is -2.08. The van der Waals surface area contributed by atoms with Crippen LogP contribution >= 0.6 is 11.8 Å². The van der Waals surface area contributed by atoms with Crippen molar-refractivity contribution in [2.45, 2.75) is 17.8 Å². The second-order valence-corrected chi connectivity index (χ2v) is 7.10. The Bertz CT molecular complexity index is 1100. The molecule has 2 aromatic carbocycles. The molecule has 0 spiro atoms. The molecular weight excluding hydrogens is 377 g/mol. The molecule has 0 unspecified atom stereocenters. The van der Waals surface area contributed by atoms with Crippen LogP contribution in [0.1, 0.15) is 11.3 Å². The Labute approximate surface area is 165 Å². The summed E-state index contributed by atoms with van der Waals surface area (Å²) in [7, 11) is 1.65. The molecule has 2 heterocycles. The molecular formula is C20H18FN5OS. The van der Waals surface area contributed by atoms with Crippen molar-refractivity contribution in [2.24, 2.45) is 0 Å². The molecule has 4 aromatic rings. The molecule has 0 radical (unpaired) electrons. The summed E-state index contributed by atoms with van der Waals surface area (Å²) in [6.45, 7) is 1.90. The van der Waals surface area contributed by atoms with Gasteiger partial charge in [0.1, 0.15) is 17.4 Å². The van der Waals surface area contributed by atoms with Crippen molar-refractivity contribution in [3.05, 3.63) is 71.7 Å². The Hall–Kier alpha value is -3.13. The van der Waals surface area contributed by atoms with Crippen LogP contribution in [0.4, 0.5) is 15.9 Å². The minimum absolute atomic E-state index is 0.278. The van der Waals surface area contributed by atoms with Crippen LogP contribution in [-0.4, -0.2) is 26.7 Å². The highest BCUT2D eigenvalue weighted by Crippen LogP contribution is 2.24. The fraction of sp³-hybridized carbons (Fsp3) is 0.150. The molecule has 142 valence electrons. The molecule has 8 heteroatoms. The average molecular weight is 395 g/mol. The number of methoxy groups -OCH3 is 1. The van der Waals surface area contributed by atoms with E-state index in [0.717, 1.165) is 34.3 Å². The Kier molecular flexibility index (Phi) is 5.12. The SMILES string of the molecule is COc1ccc(CSc2nc3nc(C)cc(Nc4ccc(F)cc4)n3n2)cc1. The summed E-state index contributed by atoms with van der Waals surface area (Å²) in [5, 5.41) is 8.44. The molecule has 0 aliphatic carbocycles. The van der Waals surface area contributed by atoms with Crippen molar-refractivity contribution in [1.29, 1.82) is 0 Å². The zero-order valence-corrected chi connectivity index (χ0v) is 16.2. The maximum Gasteiger partial charge on any atom is 0.255 e. The first kappa shape index (κ1) is 18.2. The molecule has 1 N–H and O–H groups in total. The molecule has 0 atom stereocenters. The van der Waals surface area contributed by atoms with Crippen LogP contribution in [0.5, 0.6) is 5.75 Å². The number of aromatic nitrogens is 4. The van der Waals surface area contributed by atoms with Crippen molar-refractivity contribution in [3.63, 3.8) is 0 Å². The van der Waals surface area contributed by atoms with E-state index in [1.165, 1.54) is 23.9 Å². The molecule has 6 nitrogen and oxygen atoms in total. The Morgan fingerprint density at radius 3 is 2.54 bits per heavy atom. The average Bonchev–Trinajstić information content (AvgIpc) is 3.11. The maximum absolute atomic E-state index is 13.1.